The molecule has 0 aromatic heterocycles. The summed E-state index contributed by atoms with van der Waals surface area (Å²) >= 11 is -1.89. The summed E-state index contributed by atoms with van der Waals surface area (Å²) in [6, 6.07) is 24.2. The summed E-state index contributed by atoms with van der Waals surface area (Å²) in [6.07, 6.45) is 10.7. The maximum absolute atomic E-state index is 2.59. The molecule has 226 valence electrons. The molecule has 0 aliphatic heterocycles. The Labute approximate surface area is 283 Å². The third kappa shape index (κ3) is 6.04. The second-order valence-corrected chi connectivity index (χ2v) is 16.9. The molecular formula is C41H44Cl2Ti. The molecule has 6 rings (SSSR count). The molecule has 44 heavy (non-hydrogen) atoms. The van der Waals surface area contributed by atoms with Crippen LogP contribution in [0.5, 0.6) is 0 Å². The van der Waals surface area contributed by atoms with Crippen LogP contribution >= 0.6 is 0 Å². The predicted molar refractivity (Wildman–Crippen MR) is 180 cm³/mol. The fourth-order valence-electron chi connectivity index (χ4n) is 8.05. The van der Waals surface area contributed by atoms with Gasteiger partial charge in [0.1, 0.15) is 0 Å². The Kier molecular flexibility index (Phi) is 10.9. The van der Waals surface area contributed by atoms with E-state index in [1.54, 1.807) is 15.0 Å². The van der Waals surface area contributed by atoms with Crippen molar-refractivity contribution in [3.63, 3.8) is 0 Å². The van der Waals surface area contributed by atoms with Gasteiger partial charge >= 0.3 is 261 Å². The second-order valence-electron chi connectivity index (χ2n) is 12.6. The maximum Gasteiger partial charge on any atom is -1.00 e. The van der Waals surface area contributed by atoms with Crippen LogP contribution in [0, 0.1) is 41.5 Å². The molecule has 0 atom stereocenters. The fraction of sp³-hybridized carbons (Fsp3) is 0.293. The van der Waals surface area contributed by atoms with Gasteiger partial charge < -0.3 is 24.8 Å². The molecule has 4 aromatic carbocycles. The molecule has 0 saturated heterocycles. The van der Waals surface area contributed by atoms with Crippen LogP contribution in [0.25, 0.3) is 33.4 Å². The summed E-state index contributed by atoms with van der Waals surface area (Å²) in [7, 11) is 0. The Balaban J connectivity index is 0.00000221. The van der Waals surface area contributed by atoms with Crippen LogP contribution in [-0.2, 0) is 17.4 Å². The first kappa shape index (κ1) is 34.4. The number of hydrogen-bond donors (Lipinski definition) is 0. The van der Waals surface area contributed by atoms with E-state index in [4.69, 9.17) is 0 Å². The monoisotopic (exact) mass is 654 g/mol. The van der Waals surface area contributed by atoms with Crippen molar-refractivity contribution in [1.82, 2.24) is 0 Å². The first-order valence-corrected chi connectivity index (χ1v) is 18.2. The summed E-state index contributed by atoms with van der Waals surface area (Å²) in [6.45, 7) is 18.3. The molecule has 0 bridgehead atoms. The zero-order chi connectivity index (χ0) is 29.7. The number of hydrogen-bond acceptors (Lipinski definition) is 0. The van der Waals surface area contributed by atoms with Gasteiger partial charge in [-0.2, -0.15) is 0 Å². The van der Waals surface area contributed by atoms with Crippen LogP contribution in [0.3, 0.4) is 0 Å². The molecule has 0 fully saturated rings. The third-order valence-corrected chi connectivity index (χ3v) is 15.4. The molecule has 0 unspecified atom stereocenters. The van der Waals surface area contributed by atoms with Crippen molar-refractivity contribution in [1.29, 1.82) is 0 Å². The number of allylic oxidation sites excluding steroid dienone is 4. The van der Waals surface area contributed by atoms with Gasteiger partial charge in [0.25, 0.3) is 0 Å². The van der Waals surface area contributed by atoms with Crippen molar-refractivity contribution >= 4 is 3.81 Å². The molecular weight excluding hydrogens is 611 g/mol. The van der Waals surface area contributed by atoms with Crippen LogP contribution in [-0.4, -0.2) is 3.81 Å². The number of halogens is 2. The van der Waals surface area contributed by atoms with E-state index in [1.807, 2.05) is 3.81 Å². The largest absolute Gasteiger partial charge is 1.00 e. The molecule has 0 amide bonds. The minimum atomic E-state index is -1.89. The van der Waals surface area contributed by atoms with E-state index >= 15 is 0 Å². The van der Waals surface area contributed by atoms with Gasteiger partial charge in [0.15, 0.2) is 0 Å². The van der Waals surface area contributed by atoms with Crippen molar-refractivity contribution in [2.24, 2.45) is 0 Å². The normalized spacial score (nSPS) is 12.9. The van der Waals surface area contributed by atoms with Crippen LogP contribution in [0.4, 0.5) is 0 Å². The van der Waals surface area contributed by atoms with E-state index in [9.17, 15) is 0 Å². The number of fused-ring (bicyclic) bond motifs is 3. The Morgan fingerprint density at radius 1 is 0.636 bits per heavy atom. The molecule has 2 aliphatic rings. The number of aryl methyl sites for hydroxylation is 6. The quantitative estimate of drug-likeness (QED) is 0.244. The van der Waals surface area contributed by atoms with E-state index in [-0.39, 0.29) is 24.8 Å². The van der Waals surface area contributed by atoms with E-state index in [1.165, 1.54) is 79.6 Å². The van der Waals surface area contributed by atoms with Gasteiger partial charge in [-0.3, -0.25) is 0 Å². The molecule has 3 heteroatoms. The summed E-state index contributed by atoms with van der Waals surface area (Å²) in [4.78, 5) is 0. The molecule has 0 N–H and O–H groups in total. The van der Waals surface area contributed by atoms with Gasteiger partial charge in [0.2, 0.25) is 0 Å². The molecule has 0 saturated carbocycles. The number of benzene rings is 4. The van der Waals surface area contributed by atoms with Crippen LogP contribution in [0.2, 0.25) is 0 Å². The maximum atomic E-state index is 2.59. The van der Waals surface area contributed by atoms with Crippen molar-refractivity contribution in [3.05, 3.63) is 127 Å². The summed E-state index contributed by atoms with van der Waals surface area (Å²) in [5.74, 6) is 0. The Hall–Kier alpha value is -2.48. The average molecular weight is 656 g/mol. The standard InChI is InChI=1S/C31H29.C5H5.C5H10.2ClH.Ti/c1-18-11-20(3)30(21(4)12-18)24-7-9-28-26(15-24)17-27-16-25(8-10-29(27)28)31-22(5)13-19(2)14-23(31)6;1-2-4-5-3-1;1-3-5-4-2;;;/h7-17H,1-6H3;1-3H,4H2;3-4H2,1-2H3;2*1H;/q;;;;;+2/p-2. The van der Waals surface area contributed by atoms with Gasteiger partial charge in [-0.05, 0) is 0 Å². The van der Waals surface area contributed by atoms with E-state index < -0.39 is 17.4 Å². The van der Waals surface area contributed by atoms with Crippen LogP contribution < -0.4 is 24.8 Å². The van der Waals surface area contributed by atoms with Gasteiger partial charge in [-0.25, -0.2) is 0 Å². The molecule has 4 aromatic rings. The van der Waals surface area contributed by atoms with E-state index in [0.717, 1.165) is 6.42 Å². The first-order chi connectivity index (χ1) is 20.2. The predicted octanol–water partition coefficient (Wildman–Crippen LogP) is 5.40. The van der Waals surface area contributed by atoms with Crippen molar-refractivity contribution in [3.8, 4) is 33.4 Å². The Morgan fingerprint density at radius 3 is 1.43 bits per heavy atom. The molecule has 0 radical (unpaired) electrons. The zero-order valence-corrected chi connectivity index (χ0v) is 30.5. The van der Waals surface area contributed by atoms with E-state index in [0.29, 0.717) is 4.22 Å². The minimum Gasteiger partial charge on any atom is -1.00 e. The van der Waals surface area contributed by atoms with Gasteiger partial charge in [0.05, 0.1) is 0 Å². The summed E-state index contributed by atoms with van der Waals surface area (Å²) in [5.41, 5.74) is 19.8. The van der Waals surface area contributed by atoms with Gasteiger partial charge in [-0.15, -0.1) is 0 Å². The van der Waals surface area contributed by atoms with Crippen LogP contribution in [0.1, 0.15) is 81.8 Å². The van der Waals surface area contributed by atoms with Crippen molar-refractivity contribution in [2.75, 3.05) is 0 Å². The average Bonchev–Trinajstić information content (AvgIpc) is 3.57. The van der Waals surface area contributed by atoms with Gasteiger partial charge in [0, 0.05) is 0 Å². The second kappa shape index (κ2) is 13.9. The number of rotatable bonds is 6. The molecule has 0 spiro atoms. The van der Waals surface area contributed by atoms with Crippen LogP contribution in [0.15, 0.2) is 82.8 Å². The van der Waals surface area contributed by atoms with Crippen molar-refractivity contribution < 1.29 is 42.2 Å². The molecule has 0 nitrogen and oxygen atoms in total. The minimum absolute atomic E-state index is 0. The molecule has 0 heterocycles. The van der Waals surface area contributed by atoms with Crippen molar-refractivity contribution in [2.45, 2.75) is 78.9 Å². The summed E-state index contributed by atoms with van der Waals surface area (Å²) in [5, 5.41) is 0. The zero-order valence-electron chi connectivity index (χ0n) is 27.5. The smallest absolute Gasteiger partial charge is 1.00 e. The van der Waals surface area contributed by atoms with Gasteiger partial charge in [-0.1, -0.05) is 0 Å². The molecule has 2 aliphatic carbocycles. The first-order valence-electron chi connectivity index (χ1n) is 15.7. The SMILES string of the molecule is CC[C](CC)=[Ti+2]([C]1=CC=CC1)[CH]1c2cc(-c3c(C)cc(C)cc3C)ccc2-c2ccc(-c3c(C)cc(C)cc3C)cc21.[Cl-].[Cl-]. The fourth-order valence-corrected chi connectivity index (χ4v) is 13.8. The summed E-state index contributed by atoms with van der Waals surface area (Å²) < 4.78 is 4.04. The van der Waals surface area contributed by atoms with E-state index in [2.05, 4.69) is 134 Å². The third-order valence-electron chi connectivity index (χ3n) is 9.59. The Bertz CT molecular complexity index is 1680. The topological polar surface area (TPSA) is 0 Å². The Morgan fingerprint density at radius 2 is 1.07 bits per heavy atom.